The van der Waals surface area contributed by atoms with Crippen molar-refractivity contribution in [1.29, 1.82) is 0 Å². The zero-order valence-electron chi connectivity index (χ0n) is 15.6. The first-order valence-corrected chi connectivity index (χ1v) is 8.46. The molecule has 4 heteroatoms. The molecule has 0 fully saturated rings. The highest BCUT2D eigenvalue weighted by Gasteiger charge is 2.01. The first-order valence-electron chi connectivity index (χ1n) is 8.46. The van der Waals surface area contributed by atoms with Gasteiger partial charge in [-0.2, -0.15) is 0 Å². The lowest BCUT2D eigenvalue weighted by Crippen LogP contribution is -1.98. The van der Waals surface area contributed by atoms with Crippen LogP contribution < -0.4 is 10.6 Å². The summed E-state index contributed by atoms with van der Waals surface area (Å²) in [5.74, 6) is 0.0439. The Labute approximate surface area is 154 Å². The second-order valence-corrected chi connectivity index (χ2v) is 6.28. The van der Waals surface area contributed by atoms with Gasteiger partial charge in [0.05, 0.1) is 0 Å². The van der Waals surface area contributed by atoms with Crippen LogP contribution in [0.4, 0.5) is 11.4 Å². The number of allylic oxidation sites excluding steroid dienone is 4. The van der Waals surface area contributed by atoms with Gasteiger partial charge in [0.25, 0.3) is 0 Å². The Morgan fingerprint density at radius 2 is 0.923 bits per heavy atom. The van der Waals surface area contributed by atoms with Crippen LogP contribution in [0.25, 0.3) is 11.1 Å². The zero-order chi connectivity index (χ0) is 19.1. The van der Waals surface area contributed by atoms with E-state index in [1.165, 1.54) is 13.8 Å². The SMILES string of the molecule is CC(=O)/C=C(/C)Nc1ccc(-c2ccc(N/C(C)=C/C(C)=O)cc2)cc1. The Balaban J connectivity index is 2.07. The zero-order valence-corrected chi connectivity index (χ0v) is 15.6. The molecule has 0 amide bonds. The van der Waals surface area contributed by atoms with Crippen molar-refractivity contribution in [2.24, 2.45) is 0 Å². The number of carbonyl (C=O) groups excluding carboxylic acids is 2. The van der Waals surface area contributed by atoms with Gasteiger partial charge in [0.2, 0.25) is 0 Å². The van der Waals surface area contributed by atoms with Gasteiger partial charge in [0.15, 0.2) is 11.6 Å². The average Bonchev–Trinajstić information content (AvgIpc) is 2.54. The van der Waals surface area contributed by atoms with Crippen molar-refractivity contribution < 1.29 is 9.59 Å². The summed E-state index contributed by atoms with van der Waals surface area (Å²) in [4.78, 5) is 22.2. The fourth-order valence-electron chi connectivity index (χ4n) is 2.63. The first-order chi connectivity index (χ1) is 12.3. The van der Waals surface area contributed by atoms with Gasteiger partial charge in [0.1, 0.15) is 0 Å². The van der Waals surface area contributed by atoms with Crippen LogP contribution in [0.5, 0.6) is 0 Å². The molecule has 0 radical (unpaired) electrons. The van der Waals surface area contributed by atoms with Crippen LogP contribution in [0.1, 0.15) is 27.7 Å². The molecule has 0 saturated heterocycles. The molecule has 26 heavy (non-hydrogen) atoms. The molecule has 0 saturated carbocycles. The Morgan fingerprint density at radius 1 is 0.615 bits per heavy atom. The number of hydrogen-bond acceptors (Lipinski definition) is 4. The third kappa shape index (κ3) is 6.06. The maximum Gasteiger partial charge on any atom is 0.154 e. The molecule has 0 aliphatic heterocycles. The molecule has 0 heterocycles. The molecule has 0 aromatic heterocycles. The molecule has 0 aliphatic rings. The lowest BCUT2D eigenvalue weighted by Gasteiger charge is -2.09. The smallest absolute Gasteiger partial charge is 0.154 e. The topological polar surface area (TPSA) is 58.2 Å². The summed E-state index contributed by atoms with van der Waals surface area (Å²) in [7, 11) is 0. The summed E-state index contributed by atoms with van der Waals surface area (Å²) >= 11 is 0. The van der Waals surface area contributed by atoms with E-state index in [2.05, 4.69) is 10.6 Å². The Hall–Kier alpha value is -3.14. The Morgan fingerprint density at radius 3 is 1.19 bits per heavy atom. The average molecular weight is 348 g/mol. The second-order valence-electron chi connectivity index (χ2n) is 6.28. The number of rotatable bonds is 7. The summed E-state index contributed by atoms with van der Waals surface area (Å²) < 4.78 is 0. The van der Waals surface area contributed by atoms with E-state index in [1.54, 1.807) is 12.2 Å². The van der Waals surface area contributed by atoms with E-state index in [0.717, 1.165) is 33.9 Å². The Kier molecular flexibility index (Phi) is 6.50. The number of hydrogen-bond donors (Lipinski definition) is 2. The lowest BCUT2D eigenvalue weighted by atomic mass is 10.0. The molecule has 0 unspecified atom stereocenters. The number of benzene rings is 2. The van der Waals surface area contributed by atoms with E-state index in [1.807, 2.05) is 62.4 Å². The summed E-state index contributed by atoms with van der Waals surface area (Å²) in [6, 6.07) is 16.1. The minimum Gasteiger partial charge on any atom is -0.359 e. The molecule has 2 aromatic carbocycles. The highest BCUT2D eigenvalue weighted by molar-refractivity contribution is 5.88. The van der Waals surface area contributed by atoms with Crippen molar-refractivity contribution >= 4 is 22.9 Å². The molecule has 0 spiro atoms. The van der Waals surface area contributed by atoms with E-state index in [9.17, 15) is 9.59 Å². The monoisotopic (exact) mass is 348 g/mol. The van der Waals surface area contributed by atoms with E-state index < -0.39 is 0 Å². The number of ketones is 2. The number of anilines is 2. The van der Waals surface area contributed by atoms with E-state index in [-0.39, 0.29) is 11.6 Å². The van der Waals surface area contributed by atoms with Gasteiger partial charge in [0, 0.05) is 22.8 Å². The van der Waals surface area contributed by atoms with Gasteiger partial charge in [-0.3, -0.25) is 9.59 Å². The third-order valence-electron chi connectivity index (χ3n) is 3.63. The molecule has 0 bridgehead atoms. The first kappa shape index (κ1) is 19.2. The molecular weight excluding hydrogens is 324 g/mol. The molecular formula is C22H24N2O2. The quantitative estimate of drug-likeness (QED) is 0.678. The summed E-state index contributed by atoms with van der Waals surface area (Å²) in [6.45, 7) is 6.79. The standard InChI is InChI=1S/C22H24N2O2/c1-15(13-17(3)25)23-21-9-5-19(6-10-21)20-7-11-22(12-8-20)24-16(2)14-18(4)26/h5-14,23-24H,1-4H3/b15-13-,16-14+. The number of nitrogens with one attached hydrogen (secondary N) is 2. The minimum absolute atomic E-state index is 0.0219. The summed E-state index contributed by atoms with van der Waals surface area (Å²) in [5.41, 5.74) is 5.71. The van der Waals surface area contributed by atoms with Crippen molar-refractivity contribution in [3.8, 4) is 11.1 Å². The van der Waals surface area contributed by atoms with Crippen LogP contribution in [-0.2, 0) is 9.59 Å². The number of carbonyl (C=O) groups is 2. The van der Waals surface area contributed by atoms with Crippen LogP contribution >= 0.6 is 0 Å². The van der Waals surface area contributed by atoms with Crippen LogP contribution in [0.15, 0.2) is 72.1 Å². The Bertz CT molecular complexity index is 771. The van der Waals surface area contributed by atoms with Crippen molar-refractivity contribution in [3.05, 3.63) is 72.1 Å². The molecule has 2 N–H and O–H groups in total. The largest absolute Gasteiger partial charge is 0.359 e. The lowest BCUT2D eigenvalue weighted by molar-refractivity contribution is -0.113. The fraction of sp³-hybridized carbons (Fsp3) is 0.182. The summed E-state index contributed by atoms with van der Waals surface area (Å²) in [6.07, 6.45) is 3.14. The van der Waals surface area contributed by atoms with Gasteiger partial charge in [-0.1, -0.05) is 24.3 Å². The van der Waals surface area contributed by atoms with Gasteiger partial charge >= 0.3 is 0 Å². The van der Waals surface area contributed by atoms with Crippen molar-refractivity contribution in [2.45, 2.75) is 27.7 Å². The maximum absolute atomic E-state index is 11.1. The van der Waals surface area contributed by atoms with Gasteiger partial charge < -0.3 is 10.6 Å². The van der Waals surface area contributed by atoms with Crippen LogP contribution in [0.3, 0.4) is 0 Å². The van der Waals surface area contributed by atoms with Gasteiger partial charge in [-0.25, -0.2) is 0 Å². The molecule has 2 rings (SSSR count). The molecule has 0 atom stereocenters. The summed E-state index contributed by atoms with van der Waals surface area (Å²) in [5, 5.41) is 6.39. The molecule has 0 aliphatic carbocycles. The molecule has 4 nitrogen and oxygen atoms in total. The predicted octanol–water partition coefficient (Wildman–Crippen LogP) is 5.16. The minimum atomic E-state index is 0.0219. The predicted molar refractivity (Wildman–Crippen MR) is 108 cm³/mol. The van der Waals surface area contributed by atoms with Crippen molar-refractivity contribution in [3.63, 3.8) is 0 Å². The fourth-order valence-corrected chi connectivity index (χ4v) is 2.63. The molecule has 134 valence electrons. The highest BCUT2D eigenvalue weighted by Crippen LogP contribution is 2.24. The van der Waals surface area contributed by atoms with Crippen LogP contribution in [0.2, 0.25) is 0 Å². The van der Waals surface area contributed by atoms with Crippen molar-refractivity contribution in [1.82, 2.24) is 0 Å². The van der Waals surface area contributed by atoms with Gasteiger partial charge in [-0.15, -0.1) is 0 Å². The van der Waals surface area contributed by atoms with Gasteiger partial charge in [-0.05, 0) is 75.2 Å². The highest BCUT2D eigenvalue weighted by atomic mass is 16.1. The van der Waals surface area contributed by atoms with Crippen LogP contribution in [0, 0.1) is 0 Å². The van der Waals surface area contributed by atoms with Crippen LogP contribution in [-0.4, -0.2) is 11.6 Å². The third-order valence-corrected chi connectivity index (χ3v) is 3.63. The normalized spacial score (nSPS) is 11.8. The molecule has 2 aromatic rings. The maximum atomic E-state index is 11.1. The van der Waals surface area contributed by atoms with E-state index in [4.69, 9.17) is 0 Å². The van der Waals surface area contributed by atoms with Crippen molar-refractivity contribution in [2.75, 3.05) is 10.6 Å². The van der Waals surface area contributed by atoms with E-state index in [0.29, 0.717) is 0 Å². The van der Waals surface area contributed by atoms with E-state index >= 15 is 0 Å². The second kappa shape index (κ2) is 8.81.